The second kappa shape index (κ2) is 4.09. The van der Waals surface area contributed by atoms with E-state index in [0.29, 0.717) is 5.92 Å². The third kappa shape index (κ3) is 2.44. The minimum absolute atomic E-state index is 0.122. The van der Waals surface area contributed by atoms with Crippen LogP contribution in [0, 0.1) is 11.8 Å². The summed E-state index contributed by atoms with van der Waals surface area (Å²) >= 11 is 0. The molecule has 1 fully saturated rings. The fraction of sp³-hybridized carbons (Fsp3) is 0.900. The molecule has 0 aliphatic heterocycles. The summed E-state index contributed by atoms with van der Waals surface area (Å²) in [5, 5.41) is 8.86. The van der Waals surface area contributed by atoms with Crippen molar-refractivity contribution < 1.29 is 9.90 Å². The largest absolute Gasteiger partial charge is 0.481 e. The van der Waals surface area contributed by atoms with E-state index in [0.717, 1.165) is 19.4 Å². The van der Waals surface area contributed by atoms with Crippen molar-refractivity contribution in [2.45, 2.75) is 32.7 Å². The molecule has 0 heterocycles. The van der Waals surface area contributed by atoms with Gasteiger partial charge in [0.05, 0.1) is 5.92 Å². The van der Waals surface area contributed by atoms with Crippen LogP contribution in [0.4, 0.5) is 0 Å². The fourth-order valence-electron chi connectivity index (χ4n) is 2.01. The predicted octanol–water partition coefficient (Wildman–Crippen LogP) is 1.44. The van der Waals surface area contributed by atoms with Crippen LogP contribution < -0.4 is 0 Å². The number of hydrogen-bond acceptors (Lipinski definition) is 2. The Morgan fingerprint density at radius 3 is 2.46 bits per heavy atom. The van der Waals surface area contributed by atoms with Gasteiger partial charge in [0, 0.05) is 12.6 Å². The molecule has 1 aliphatic rings. The number of nitrogens with zero attached hydrogens (tertiary/aromatic N) is 1. The summed E-state index contributed by atoms with van der Waals surface area (Å²) in [6.07, 6.45) is 1.89. The van der Waals surface area contributed by atoms with Crippen molar-refractivity contribution in [3.8, 4) is 0 Å². The minimum atomic E-state index is -0.633. The number of aliphatic carboxylic acids is 1. The number of hydrogen-bond donors (Lipinski definition) is 1. The molecule has 2 unspecified atom stereocenters. The molecule has 0 amide bonds. The molecule has 3 heteroatoms. The number of carboxylic acid groups (broad SMARTS) is 1. The van der Waals surface area contributed by atoms with Crippen LogP contribution in [0.5, 0.6) is 0 Å². The maximum atomic E-state index is 10.8. The minimum Gasteiger partial charge on any atom is -0.481 e. The molecule has 0 aromatic carbocycles. The van der Waals surface area contributed by atoms with Gasteiger partial charge in [0.1, 0.15) is 0 Å². The highest BCUT2D eigenvalue weighted by Gasteiger charge is 2.38. The van der Waals surface area contributed by atoms with Gasteiger partial charge in [-0.1, -0.05) is 13.8 Å². The fourth-order valence-corrected chi connectivity index (χ4v) is 2.01. The molecule has 1 aliphatic carbocycles. The summed E-state index contributed by atoms with van der Waals surface area (Å²) in [4.78, 5) is 12.9. The van der Waals surface area contributed by atoms with E-state index in [1.165, 1.54) is 0 Å². The molecule has 0 saturated heterocycles. The van der Waals surface area contributed by atoms with E-state index in [1.807, 2.05) is 7.05 Å². The molecule has 0 aromatic heterocycles. The molecule has 3 nitrogen and oxygen atoms in total. The number of rotatable bonds is 4. The Balaban J connectivity index is 2.39. The van der Waals surface area contributed by atoms with Crippen molar-refractivity contribution in [3.63, 3.8) is 0 Å². The lowest BCUT2D eigenvalue weighted by Crippen LogP contribution is -2.49. The van der Waals surface area contributed by atoms with E-state index in [-0.39, 0.29) is 12.0 Å². The van der Waals surface area contributed by atoms with Gasteiger partial charge in [-0.05, 0) is 25.8 Å². The van der Waals surface area contributed by atoms with Crippen molar-refractivity contribution in [2.24, 2.45) is 11.8 Å². The van der Waals surface area contributed by atoms with Crippen LogP contribution in [-0.4, -0.2) is 35.6 Å². The Hall–Kier alpha value is -0.570. The van der Waals surface area contributed by atoms with E-state index >= 15 is 0 Å². The predicted molar refractivity (Wildman–Crippen MR) is 51.6 cm³/mol. The summed E-state index contributed by atoms with van der Waals surface area (Å²) in [5.74, 6) is -0.143. The van der Waals surface area contributed by atoms with E-state index in [9.17, 15) is 4.79 Å². The Morgan fingerprint density at radius 1 is 1.54 bits per heavy atom. The average Bonchev–Trinajstić information content (AvgIpc) is 1.79. The molecule has 2 atom stereocenters. The molecule has 13 heavy (non-hydrogen) atoms. The van der Waals surface area contributed by atoms with Crippen molar-refractivity contribution in [1.82, 2.24) is 4.90 Å². The van der Waals surface area contributed by atoms with Gasteiger partial charge in [-0.2, -0.15) is 0 Å². The standard InChI is InChI=1S/C10H19NO2/c1-7(2)6-11(3)9-5-4-8(9)10(12)13/h7-9H,4-6H2,1-3H3,(H,12,13). The quantitative estimate of drug-likeness (QED) is 0.720. The maximum Gasteiger partial charge on any atom is 0.308 e. The second-order valence-corrected chi connectivity index (χ2v) is 4.42. The number of carbonyl (C=O) groups is 1. The van der Waals surface area contributed by atoms with Crippen molar-refractivity contribution in [1.29, 1.82) is 0 Å². The van der Waals surface area contributed by atoms with Gasteiger partial charge in [0.2, 0.25) is 0 Å². The Kier molecular flexibility index (Phi) is 3.31. The topological polar surface area (TPSA) is 40.5 Å². The van der Waals surface area contributed by atoms with Gasteiger partial charge in [-0.25, -0.2) is 0 Å². The van der Waals surface area contributed by atoms with Gasteiger partial charge in [-0.15, -0.1) is 0 Å². The van der Waals surface area contributed by atoms with Gasteiger partial charge < -0.3 is 10.0 Å². The zero-order chi connectivity index (χ0) is 10.0. The zero-order valence-electron chi connectivity index (χ0n) is 8.66. The molecule has 0 bridgehead atoms. The van der Waals surface area contributed by atoms with Gasteiger partial charge in [0.25, 0.3) is 0 Å². The summed E-state index contributed by atoms with van der Waals surface area (Å²) in [6.45, 7) is 5.31. The van der Waals surface area contributed by atoms with E-state index in [2.05, 4.69) is 18.7 Å². The first kappa shape index (κ1) is 10.5. The summed E-state index contributed by atoms with van der Waals surface area (Å²) in [6, 6.07) is 0.278. The number of carboxylic acids is 1. The summed E-state index contributed by atoms with van der Waals surface area (Å²) in [5.41, 5.74) is 0. The molecule has 1 rings (SSSR count). The molecular weight excluding hydrogens is 166 g/mol. The van der Waals surface area contributed by atoms with Crippen LogP contribution in [0.1, 0.15) is 26.7 Å². The monoisotopic (exact) mass is 185 g/mol. The first-order valence-corrected chi connectivity index (χ1v) is 4.95. The smallest absolute Gasteiger partial charge is 0.308 e. The van der Waals surface area contributed by atoms with Gasteiger partial charge in [0.15, 0.2) is 0 Å². The van der Waals surface area contributed by atoms with Crippen LogP contribution in [0.25, 0.3) is 0 Å². The highest BCUT2D eigenvalue weighted by molar-refractivity contribution is 5.72. The van der Waals surface area contributed by atoms with Crippen LogP contribution in [0.15, 0.2) is 0 Å². The lowest BCUT2D eigenvalue weighted by atomic mass is 9.78. The third-order valence-electron chi connectivity index (χ3n) is 2.77. The van der Waals surface area contributed by atoms with Crippen molar-refractivity contribution in [3.05, 3.63) is 0 Å². The van der Waals surface area contributed by atoms with Gasteiger partial charge in [-0.3, -0.25) is 4.79 Å². The highest BCUT2D eigenvalue weighted by Crippen LogP contribution is 2.31. The van der Waals surface area contributed by atoms with E-state index in [1.54, 1.807) is 0 Å². The van der Waals surface area contributed by atoms with Crippen LogP contribution in [0.2, 0.25) is 0 Å². The van der Waals surface area contributed by atoms with Crippen LogP contribution in [0.3, 0.4) is 0 Å². The molecule has 0 aromatic rings. The molecular formula is C10H19NO2. The Labute approximate surface area is 79.7 Å². The second-order valence-electron chi connectivity index (χ2n) is 4.42. The molecule has 0 spiro atoms. The Bertz CT molecular complexity index is 191. The van der Waals surface area contributed by atoms with Gasteiger partial charge >= 0.3 is 5.97 Å². The van der Waals surface area contributed by atoms with Crippen LogP contribution in [-0.2, 0) is 4.79 Å². The zero-order valence-corrected chi connectivity index (χ0v) is 8.66. The highest BCUT2D eigenvalue weighted by atomic mass is 16.4. The van der Waals surface area contributed by atoms with E-state index in [4.69, 9.17) is 5.11 Å². The normalized spacial score (nSPS) is 27.8. The molecule has 0 radical (unpaired) electrons. The summed E-state index contributed by atoms with van der Waals surface area (Å²) in [7, 11) is 2.03. The lowest BCUT2D eigenvalue weighted by Gasteiger charge is -2.40. The molecule has 1 saturated carbocycles. The SMILES string of the molecule is CC(C)CN(C)C1CCC1C(=O)O. The summed E-state index contributed by atoms with van der Waals surface area (Å²) < 4.78 is 0. The van der Waals surface area contributed by atoms with Crippen molar-refractivity contribution in [2.75, 3.05) is 13.6 Å². The maximum absolute atomic E-state index is 10.8. The average molecular weight is 185 g/mol. The third-order valence-corrected chi connectivity index (χ3v) is 2.77. The molecule has 76 valence electrons. The molecule has 1 N–H and O–H groups in total. The van der Waals surface area contributed by atoms with Crippen LogP contribution >= 0.6 is 0 Å². The first-order chi connectivity index (χ1) is 6.02. The first-order valence-electron chi connectivity index (χ1n) is 4.95. The lowest BCUT2D eigenvalue weighted by molar-refractivity contribution is -0.148. The van der Waals surface area contributed by atoms with E-state index < -0.39 is 5.97 Å². The van der Waals surface area contributed by atoms with Crippen molar-refractivity contribution >= 4 is 5.97 Å². The Morgan fingerprint density at radius 2 is 2.15 bits per heavy atom.